The molecule has 0 saturated carbocycles. The molecule has 0 N–H and O–H groups in total. The molecule has 1 rings (SSSR count). The first kappa shape index (κ1) is 13.6. The van der Waals surface area contributed by atoms with Crippen LogP contribution in [0.2, 0.25) is 0 Å². The number of rotatable bonds is 6. The first-order chi connectivity index (χ1) is 8.03. The maximum Gasteiger partial charge on any atom is 0.269 e. The summed E-state index contributed by atoms with van der Waals surface area (Å²) in [5.41, 5.74) is 0.684. The van der Waals surface area contributed by atoms with Crippen molar-refractivity contribution in [1.29, 1.82) is 0 Å². The van der Waals surface area contributed by atoms with Crippen LogP contribution in [0, 0.1) is 10.1 Å². The smallest absolute Gasteiger partial charge is 0.269 e. The highest BCUT2D eigenvalue weighted by Gasteiger charge is 2.28. The minimum atomic E-state index is -0.935. The Morgan fingerprint density at radius 2 is 1.88 bits per heavy atom. The molecule has 17 heavy (non-hydrogen) atoms. The van der Waals surface area contributed by atoms with Crippen LogP contribution in [-0.4, -0.2) is 18.1 Å². The van der Waals surface area contributed by atoms with Crippen molar-refractivity contribution in [1.82, 2.24) is 0 Å². The van der Waals surface area contributed by atoms with E-state index in [0.29, 0.717) is 18.8 Å². The lowest BCUT2D eigenvalue weighted by Crippen LogP contribution is -2.29. The Kier molecular flexibility index (Phi) is 4.60. The van der Waals surface area contributed by atoms with Crippen LogP contribution < -0.4 is 0 Å². The molecule has 5 heteroatoms. The molecule has 0 saturated heterocycles. The first-order valence-electron chi connectivity index (χ1n) is 5.56. The molecule has 0 unspecified atom stereocenters. The van der Waals surface area contributed by atoms with Gasteiger partial charge in [0.25, 0.3) is 5.69 Å². The Labute approximate surface area is 101 Å². The number of nitrogens with zero attached hydrogens (tertiary/aromatic N) is 1. The van der Waals surface area contributed by atoms with Crippen molar-refractivity contribution >= 4 is 5.69 Å². The van der Waals surface area contributed by atoms with E-state index in [4.69, 9.17) is 9.47 Å². The van der Waals surface area contributed by atoms with Crippen LogP contribution in [0.4, 0.5) is 5.69 Å². The number of benzene rings is 1. The Bertz CT molecular complexity index is 386. The maximum absolute atomic E-state index is 10.7. The van der Waals surface area contributed by atoms with Crippen molar-refractivity contribution < 1.29 is 14.4 Å². The second-order valence-electron chi connectivity index (χ2n) is 3.62. The van der Waals surface area contributed by atoms with Crippen LogP contribution in [0.25, 0.3) is 0 Å². The van der Waals surface area contributed by atoms with Gasteiger partial charge in [-0.25, -0.2) is 0 Å². The predicted octanol–water partition coefficient (Wildman–Crippen LogP) is 2.84. The molecule has 1 aromatic carbocycles. The van der Waals surface area contributed by atoms with Crippen molar-refractivity contribution in [2.24, 2.45) is 0 Å². The van der Waals surface area contributed by atoms with Gasteiger partial charge < -0.3 is 9.47 Å². The summed E-state index contributed by atoms with van der Waals surface area (Å²) in [6.07, 6.45) is 0. The highest BCUT2D eigenvalue weighted by Crippen LogP contribution is 2.29. The maximum atomic E-state index is 10.7. The molecular weight excluding hydrogens is 222 g/mol. The number of non-ortho nitro benzene ring substituents is 1. The lowest BCUT2D eigenvalue weighted by atomic mass is 10.1. The second kappa shape index (κ2) is 5.75. The average molecular weight is 239 g/mol. The molecule has 0 aliphatic rings. The molecule has 0 fully saturated rings. The van der Waals surface area contributed by atoms with Gasteiger partial charge in [0.05, 0.1) is 4.92 Å². The van der Waals surface area contributed by atoms with E-state index in [1.54, 1.807) is 19.1 Å². The fraction of sp³-hybridized carbons (Fsp3) is 0.500. The number of ether oxygens (including phenoxy) is 2. The van der Waals surface area contributed by atoms with Crippen molar-refractivity contribution in [3.63, 3.8) is 0 Å². The zero-order chi connectivity index (χ0) is 12.9. The fourth-order valence-electron chi connectivity index (χ4n) is 1.66. The third kappa shape index (κ3) is 3.25. The summed E-state index contributed by atoms with van der Waals surface area (Å²) in [7, 11) is 0. The van der Waals surface area contributed by atoms with Gasteiger partial charge in [0.15, 0.2) is 5.79 Å². The van der Waals surface area contributed by atoms with Gasteiger partial charge in [-0.2, -0.15) is 0 Å². The Hall–Kier alpha value is -1.46. The van der Waals surface area contributed by atoms with Crippen LogP contribution in [0.3, 0.4) is 0 Å². The SMILES string of the molecule is CCOC(C)(OCC)c1cccc([N+](=O)[O-])c1. The third-order valence-electron chi connectivity index (χ3n) is 2.42. The second-order valence-corrected chi connectivity index (χ2v) is 3.62. The molecule has 0 radical (unpaired) electrons. The summed E-state index contributed by atoms with van der Waals surface area (Å²) in [6.45, 7) is 6.42. The van der Waals surface area contributed by atoms with Crippen molar-refractivity contribution in [3.8, 4) is 0 Å². The minimum absolute atomic E-state index is 0.0353. The molecule has 0 aliphatic carbocycles. The number of hydrogen-bond acceptors (Lipinski definition) is 4. The van der Waals surface area contributed by atoms with Crippen molar-refractivity contribution in [2.75, 3.05) is 13.2 Å². The molecule has 0 heterocycles. The first-order valence-corrected chi connectivity index (χ1v) is 5.56. The average Bonchev–Trinajstić information content (AvgIpc) is 2.30. The van der Waals surface area contributed by atoms with E-state index in [2.05, 4.69) is 0 Å². The van der Waals surface area contributed by atoms with Crippen LogP contribution in [-0.2, 0) is 15.3 Å². The summed E-state index contributed by atoms with van der Waals surface area (Å²) in [4.78, 5) is 10.3. The van der Waals surface area contributed by atoms with E-state index in [9.17, 15) is 10.1 Å². The van der Waals surface area contributed by atoms with Gasteiger partial charge in [-0.1, -0.05) is 12.1 Å². The van der Waals surface area contributed by atoms with Crippen LogP contribution in [0.1, 0.15) is 26.3 Å². The number of nitro groups is 1. The standard InChI is InChI=1S/C12H17NO4/c1-4-16-12(3,17-5-2)10-7-6-8-11(9-10)13(14)15/h6-9H,4-5H2,1-3H3. The number of hydrogen-bond donors (Lipinski definition) is 0. The zero-order valence-electron chi connectivity index (χ0n) is 10.3. The van der Waals surface area contributed by atoms with Crippen molar-refractivity contribution in [2.45, 2.75) is 26.6 Å². The molecule has 0 aliphatic heterocycles. The molecule has 0 atom stereocenters. The highest BCUT2D eigenvalue weighted by atomic mass is 16.7. The third-order valence-corrected chi connectivity index (χ3v) is 2.42. The molecule has 0 spiro atoms. The number of nitro benzene ring substituents is 1. The summed E-state index contributed by atoms with van der Waals surface area (Å²) < 4.78 is 11.1. The molecule has 0 aromatic heterocycles. The van der Waals surface area contributed by atoms with E-state index in [-0.39, 0.29) is 5.69 Å². The predicted molar refractivity (Wildman–Crippen MR) is 63.7 cm³/mol. The zero-order valence-corrected chi connectivity index (χ0v) is 10.3. The van der Waals surface area contributed by atoms with E-state index in [1.807, 2.05) is 13.8 Å². The molecule has 94 valence electrons. The topological polar surface area (TPSA) is 61.6 Å². The largest absolute Gasteiger partial charge is 0.346 e. The lowest BCUT2D eigenvalue weighted by molar-refractivity contribution is -0.385. The molecular formula is C12H17NO4. The molecule has 1 aromatic rings. The van der Waals surface area contributed by atoms with Crippen LogP contribution >= 0.6 is 0 Å². The molecule has 0 bridgehead atoms. The van der Waals surface area contributed by atoms with Gasteiger partial charge in [0.2, 0.25) is 0 Å². The summed E-state index contributed by atoms with van der Waals surface area (Å²) in [5, 5.41) is 10.7. The molecule has 0 amide bonds. The van der Waals surface area contributed by atoms with Gasteiger partial charge >= 0.3 is 0 Å². The van der Waals surface area contributed by atoms with Gasteiger partial charge in [0, 0.05) is 30.9 Å². The van der Waals surface area contributed by atoms with E-state index >= 15 is 0 Å². The Balaban J connectivity index is 3.09. The Morgan fingerprint density at radius 3 is 2.35 bits per heavy atom. The van der Waals surface area contributed by atoms with Crippen LogP contribution in [0.15, 0.2) is 24.3 Å². The quantitative estimate of drug-likeness (QED) is 0.435. The highest BCUT2D eigenvalue weighted by molar-refractivity contribution is 5.36. The molecule has 5 nitrogen and oxygen atoms in total. The van der Waals surface area contributed by atoms with Crippen LogP contribution in [0.5, 0.6) is 0 Å². The van der Waals surface area contributed by atoms with E-state index in [1.165, 1.54) is 12.1 Å². The van der Waals surface area contributed by atoms with E-state index in [0.717, 1.165) is 0 Å². The summed E-state index contributed by atoms with van der Waals surface area (Å²) in [5.74, 6) is -0.935. The monoisotopic (exact) mass is 239 g/mol. The Morgan fingerprint density at radius 1 is 1.29 bits per heavy atom. The van der Waals surface area contributed by atoms with Gasteiger partial charge in [-0.15, -0.1) is 0 Å². The minimum Gasteiger partial charge on any atom is -0.346 e. The summed E-state index contributed by atoms with van der Waals surface area (Å²) >= 11 is 0. The van der Waals surface area contributed by atoms with Gasteiger partial charge in [0.1, 0.15) is 0 Å². The van der Waals surface area contributed by atoms with E-state index < -0.39 is 10.7 Å². The van der Waals surface area contributed by atoms with Gasteiger partial charge in [-0.3, -0.25) is 10.1 Å². The fourth-order valence-corrected chi connectivity index (χ4v) is 1.66. The normalized spacial score (nSPS) is 11.5. The summed E-state index contributed by atoms with van der Waals surface area (Å²) in [6, 6.07) is 6.31. The lowest BCUT2D eigenvalue weighted by Gasteiger charge is -2.29. The van der Waals surface area contributed by atoms with Crippen molar-refractivity contribution in [3.05, 3.63) is 39.9 Å². The van der Waals surface area contributed by atoms with Gasteiger partial charge in [-0.05, 0) is 20.8 Å².